The van der Waals surface area contributed by atoms with Crippen molar-refractivity contribution in [3.63, 3.8) is 0 Å². The molecule has 3 heteroatoms. The van der Waals surface area contributed by atoms with Gasteiger partial charge in [0.05, 0.1) is 24.6 Å². The van der Waals surface area contributed by atoms with Crippen LogP contribution in [-0.4, -0.2) is 31.3 Å². The third kappa shape index (κ3) is 3.47. The van der Waals surface area contributed by atoms with Crippen LogP contribution in [0.25, 0.3) is 0 Å². The second-order valence-electron chi connectivity index (χ2n) is 3.57. The molecule has 2 rings (SSSR count). The highest BCUT2D eigenvalue weighted by molar-refractivity contribution is 5.54. The molecule has 1 aliphatic heterocycles. The molecule has 2 heterocycles. The second kappa shape index (κ2) is 6.93. The third-order valence-corrected chi connectivity index (χ3v) is 2.58. The van der Waals surface area contributed by atoms with Crippen LogP contribution in [-0.2, 0) is 4.74 Å². The zero-order chi connectivity index (χ0) is 12.7. The summed E-state index contributed by atoms with van der Waals surface area (Å²) >= 11 is 0. The molecule has 92 valence electrons. The van der Waals surface area contributed by atoms with E-state index in [0.717, 1.165) is 43.2 Å². The normalized spacial score (nSPS) is 14.6. The molecule has 0 atom stereocenters. The van der Waals surface area contributed by atoms with Crippen LogP contribution >= 0.6 is 0 Å². The van der Waals surface area contributed by atoms with Gasteiger partial charge in [-0.25, -0.2) is 0 Å². The van der Waals surface area contributed by atoms with Gasteiger partial charge in [-0.2, -0.15) is 0 Å². The summed E-state index contributed by atoms with van der Waals surface area (Å²) in [5, 5.41) is 0. The summed E-state index contributed by atoms with van der Waals surface area (Å²) < 4.78 is 5.32. The first-order valence-electron chi connectivity index (χ1n) is 6.07. The zero-order valence-corrected chi connectivity index (χ0v) is 10.9. The largest absolute Gasteiger partial charge is 0.378 e. The first-order chi connectivity index (χ1) is 8.31. The molecule has 3 nitrogen and oxygen atoms in total. The number of hydrogen-bond acceptors (Lipinski definition) is 3. The van der Waals surface area contributed by atoms with Gasteiger partial charge in [0.2, 0.25) is 0 Å². The number of rotatable bonds is 1. The van der Waals surface area contributed by atoms with Crippen LogP contribution in [0, 0.1) is 19.3 Å². The summed E-state index contributed by atoms with van der Waals surface area (Å²) in [6.07, 6.45) is 7.10. The Morgan fingerprint density at radius 1 is 1.35 bits per heavy atom. The van der Waals surface area contributed by atoms with Gasteiger partial charge in [0.25, 0.3) is 0 Å². The predicted octanol–water partition coefficient (Wildman–Crippen LogP) is 2.23. The molecular weight excluding hydrogens is 212 g/mol. The molecule has 1 aromatic heterocycles. The van der Waals surface area contributed by atoms with Gasteiger partial charge in [-0.15, -0.1) is 6.42 Å². The van der Waals surface area contributed by atoms with E-state index in [1.807, 2.05) is 26.8 Å². The van der Waals surface area contributed by atoms with E-state index >= 15 is 0 Å². The standard InChI is InChI=1S/C12H14N2O.C2H6/c1-3-11-8-12(10(2)13-9-11)14-4-6-15-7-5-14;1-2/h1,8-9H,4-7H2,2H3;1-2H3. The van der Waals surface area contributed by atoms with E-state index in [4.69, 9.17) is 11.2 Å². The highest BCUT2D eigenvalue weighted by Crippen LogP contribution is 2.20. The van der Waals surface area contributed by atoms with Gasteiger partial charge in [-0.05, 0) is 13.0 Å². The lowest BCUT2D eigenvalue weighted by Crippen LogP contribution is -2.36. The molecule has 0 saturated carbocycles. The van der Waals surface area contributed by atoms with Gasteiger partial charge in [-0.3, -0.25) is 4.98 Å². The molecule has 0 aromatic carbocycles. The SMILES string of the molecule is C#Cc1cnc(C)c(N2CCOCC2)c1.CC. The van der Waals surface area contributed by atoms with Gasteiger partial charge in [0.15, 0.2) is 0 Å². The van der Waals surface area contributed by atoms with Crippen molar-refractivity contribution in [2.24, 2.45) is 0 Å². The second-order valence-corrected chi connectivity index (χ2v) is 3.57. The molecule has 0 spiro atoms. The van der Waals surface area contributed by atoms with Crippen LogP contribution in [0.1, 0.15) is 25.1 Å². The maximum Gasteiger partial charge on any atom is 0.0642 e. The van der Waals surface area contributed by atoms with Crippen LogP contribution in [0.3, 0.4) is 0 Å². The Bertz CT molecular complexity index is 390. The number of terminal acetylenes is 1. The number of hydrogen-bond donors (Lipinski definition) is 0. The Morgan fingerprint density at radius 2 is 2.00 bits per heavy atom. The summed E-state index contributed by atoms with van der Waals surface area (Å²) in [5.41, 5.74) is 2.99. The minimum Gasteiger partial charge on any atom is -0.378 e. The molecule has 0 N–H and O–H groups in total. The van der Waals surface area contributed by atoms with Gasteiger partial charge in [0, 0.05) is 24.8 Å². The lowest BCUT2D eigenvalue weighted by molar-refractivity contribution is 0.122. The average Bonchev–Trinajstić information content (AvgIpc) is 2.42. The summed E-state index contributed by atoms with van der Waals surface area (Å²) in [4.78, 5) is 6.57. The minimum absolute atomic E-state index is 0.778. The summed E-state index contributed by atoms with van der Waals surface area (Å²) in [6.45, 7) is 9.39. The average molecular weight is 232 g/mol. The molecule has 1 aliphatic rings. The number of morpholine rings is 1. The summed E-state index contributed by atoms with van der Waals surface area (Å²) in [5.74, 6) is 2.61. The van der Waals surface area contributed by atoms with Crippen LogP contribution in [0.2, 0.25) is 0 Å². The third-order valence-electron chi connectivity index (χ3n) is 2.58. The van der Waals surface area contributed by atoms with Gasteiger partial charge in [-0.1, -0.05) is 19.8 Å². The maximum absolute atomic E-state index is 5.37. The monoisotopic (exact) mass is 232 g/mol. The molecule has 0 radical (unpaired) electrons. The molecule has 1 aromatic rings. The number of pyridine rings is 1. The van der Waals surface area contributed by atoms with Crippen LogP contribution in [0.4, 0.5) is 5.69 Å². The van der Waals surface area contributed by atoms with E-state index < -0.39 is 0 Å². The number of ether oxygens (including phenoxy) is 1. The molecule has 0 amide bonds. The smallest absolute Gasteiger partial charge is 0.0642 e. The van der Waals surface area contributed by atoms with Gasteiger partial charge >= 0.3 is 0 Å². The van der Waals surface area contributed by atoms with E-state index in [2.05, 4.69) is 15.8 Å². The maximum atomic E-state index is 5.37. The van der Waals surface area contributed by atoms with Crippen molar-refractivity contribution in [3.05, 3.63) is 23.5 Å². The topological polar surface area (TPSA) is 25.4 Å². The van der Waals surface area contributed by atoms with Crippen molar-refractivity contribution in [2.75, 3.05) is 31.2 Å². The lowest BCUT2D eigenvalue weighted by Gasteiger charge is -2.29. The molecule has 0 aliphatic carbocycles. The fourth-order valence-corrected chi connectivity index (χ4v) is 1.72. The number of aromatic nitrogens is 1. The highest BCUT2D eigenvalue weighted by Gasteiger charge is 2.13. The van der Waals surface area contributed by atoms with Crippen molar-refractivity contribution >= 4 is 5.69 Å². The van der Waals surface area contributed by atoms with Crippen LogP contribution in [0.15, 0.2) is 12.3 Å². The quantitative estimate of drug-likeness (QED) is 0.694. The summed E-state index contributed by atoms with van der Waals surface area (Å²) in [6, 6.07) is 2.02. The van der Waals surface area contributed by atoms with Gasteiger partial charge < -0.3 is 9.64 Å². The first kappa shape index (κ1) is 13.5. The lowest BCUT2D eigenvalue weighted by atomic mass is 10.2. The van der Waals surface area contributed by atoms with Crippen LogP contribution < -0.4 is 4.90 Å². The molecule has 1 fully saturated rings. The van der Waals surface area contributed by atoms with Crippen molar-refractivity contribution in [3.8, 4) is 12.3 Å². The van der Waals surface area contributed by atoms with E-state index in [1.54, 1.807) is 6.20 Å². The molecule has 0 unspecified atom stereocenters. The number of nitrogens with zero attached hydrogens (tertiary/aromatic N) is 2. The summed E-state index contributed by atoms with van der Waals surface area (Å²) in [7, 11) is 0. The predicted molar refractivity (Wildman–Crippen MR) is 71.3 cm³/mol. The van der Waals surface area contributed by atoms with Crippen LogP contribution in [0.5, 0.6) is 0 Å². The molecule has 17 heavy (non-hydrogen) atoms. The van der Waals surface area contributed by atoms with Gasteiger partial charge in [0.1, 0.15) is 0 Å². The van der Waals surface area contributed by atoms with Crippen molar-refractivity contribution in [2.45, 2.75) is 20.8 Å². The Hall–Kier alpha value is -1.53. The minimum atomic E-state index is 0.778. The first-order valence-corrected chi connectivity index (χ1v) is 6.07. The van der Waals surface area contributed by atoms with E-state index in [0.29, 0.717) is 0 Å². The van der Waals surface area contributed by atoms with Crippen molar-refractivity contribution in [1.82, 2.24) is 4.98 Å². The fourth-order valence-electron chi connectivity index (χ4n) is 1.72. The van der Waals surface area contributed by atoms with E-state index in [1.165, 1.54) is 0 Å². The Balaban J connectivity index is 0.000000686. The number of anilines is 1. The fraction of sp³-hybridized carbons (Fsp3) is 0.500. The highest BCUT2D eigenvalue weighted by atomic mass is 16.5. The van der Waals surface area contributed by atoms with Crippen molar-refractivity contribution in [1.29, 1.82) is 0 Å². The molecule has 0 bridgehead atoms. The Kier molecular flexibility index (Phi) is 5.51. The van der Waals surface area contributed by atoms with E-state index in [9.17, 15) is 0 Å². The zero-order valence-electron chi connectivity index (χ0n) is 10.9. The Morgan fingerprint density at radius 3 is 2.59 bits per heavy atom. The number of aryl methyl sites for hydroxylation is 1. The van der Waals surface area contributed by atoms with E-state index in [-0.39, 0.29) is 0 Å². The Labute approximate surface area is 104 Å². The molecular formula is C14H20N2O. The molecule has 1 saturated heterocycles. The van der Waals surface area contributed by atoms with Crippen molar-refractivity contribution < 1.29 is 4.74 Å².